The summed E-state index contributed by atoms with van der Waals surface area (Å²) in [6.07, 6.45) is 0. The number of aliphatic hydroxyl groups excluding tert-OH is 2. The summed E-state index contributed by atoms with van der Waals surface area (Å²) >= 11 is 5.04. The SMILES string of the molecule is O=S(=O)(CCl)NC(CO)CO. The predicted octanol–water partition coefficient (Wildman–Crippen LogP) is -1.54. The second-order valence-corrected chi connectivity index (χ2v) is 4.24. The molecule has 68 valence electrons. The molecule has 0 aromatic heterocycles. The third-order valence-electron chi connectivity index (χ3n) is 0.931. The Balaban J connectivity index is 4.01. The molecule has 0 aliphatic heterocycles. The molecule has 0 radical (unpaired) electrons. The molecule has 5 nitrogen and oxygen atoms in total. The quantitative estimate of drug-likeness (QED) is 0.473. The van der Waals surface area contributed by atoms with E-state index in [0.717, 1.165) is 0 Å². The normalized spacial score (nSPS) is 12.4. The van der Waals surface area contributed by atoms with Crippen LogP contribution in [0.5, 0.6) is 0 Å². The lowest BCUT2D eigenvalue weighted by Crippen LogP contribution is -2.40. The molecular formula is C4H10ClNO4S. The van der Waals surface area contributed by atoms with Crippen LogP contribution >= 0.6 is 11.6 Å². The van der Waals surface area contributed by atoms with Crippen LogP contribution in [0.1, 0.15) is 0 Å². The highest BCUT2D eigenvalue weighted by atomic mass is 35.5. The van der Waals surface area contributed by atoms with Crippen LogP contribution < -0.4 is 4.72 Å². The van der Waals surface area contributed by atoms with E-state index in [2.05, 4.69) is 0 Å². The van der Waals surface area contributed by atoms with Crippen molar-refractivity contribution < 1.29 is 18.6 Å². The van der Waals surface area contributed by atoms with Gasteiger partial charge in [0.1, 0.15) is 5.21 Å². The number of aliphatic hydroxyl groups is 2. The van der Waals surface area contributed by atoms with Crippen molar-refractivity contribution in [2.75, 3.05) is 18.4 Å². The topological polar surface area (TPSA) is 86.6 Å². The molecule has 0 amide bonds. The van der Waals surface area contributed by atoms with Crippen LogP contribution in [0.25, 0.3) is 0 Å². The lowest BCUT2D eigenvalue weighted by Gasteiger charge is -2.11. The first-order valence-electron chi connectivity index (χ1n) is 2.83. The third-order valence-corrected chi connectivity index (χ3v) is 2.77. The molecule has 0 bridgehead atoms. The van der Waals surface area contributed by atoms with Crippen LogP contribution in [0.4, 0.5) is 0 Å². The van der Waals surface area contributed by atoms with E-state index >= 15 is 0 Å². The summed E-state index contributed by atoms with van der Waals surface area (Å²) in [7, 11) is -3.55. The first-order valence-corrected chi connectivity index (χ1v) is 5.02. The van der Waals surface area contributed by atoms with Crippen molar-refractivity contribution in [3.63, 3.8) is 0 Å². The summed E-state index contributed by atoms with van der Waals surface area (Å²) in [5.41, 5.74) is 0. The van der Waals surface area contributed by atoms with E-state index in [0.29, 0.717) is 0 Å². The molecule has 0 saturated carbocycles. The molecule has 11 heavy (non-hydrogen) atoms. The molecule has 0 heterocycles. The molecule has 0 aliphatic rings. The number of nitrogens with one attached hydrogen (secondary N) is 1. The number of hydrogen-bond acceptors (Lipinski definition) is 4. The Morgan fingerprint density at radius 3 is 2.09 bits per heavy atom. The Morgan fingerprint density at radius 2 is 1.82 bits per heavy atom. The van der Waals surface area contributed by atoms with E-state index in [1.807, 2.05) is 4.72 Å². The second kappa shape index (κ2) is 4.89. The molecule has 0 rings (SSSR count). The first kappa shape index (κ1) is 11.1. The fourth-order valence-corrected chi connectivity index (χ4v) is 1.33. The zero-order valence-electron chi connectivity index (χ0n) is 5.70. The summed E-state index contributed by atoms with van der Waals surface area (Å²) < 4.78 is 23.3. The minimum Gasteiger partial charge on any atom is -0.395 e. The van der Waals surface area contributed by atoms with Crippen LogP contribution in [0.2, 0.25) is 0 Å². The van der Waals surface area contributed by atoms with Crippen LogP contribution in [-0.4, -0.2) is 43.1 Å². The van der Waals surface area contributed by atoms with Crippen molar-refractivity contribution in [3.05, 3.63) is 0 Å². The van der Waals surface area contributed by atoms with Crippen LogP contribution in [0.3, 0.4) is 0 Å². The van der Waals surface area contributed by atoms with Crippen molar-refractivity contribution in [1.82, 2.24) is 4.72 Å². The van der Waals surface area contributed by atoms with Gasteiger partial charge >= 0.3 is 0 Å². The summed E-state index contributed by atoms with van der Waals surface area (Å²) in [5, 5.41) is 16.3. The fourth-order valence-electron chi connectivity index (χ4n) is 0.418. The van der Waals surface area contributed by atoms with Gasteiger partial charge in [0.05, 0.1) is 19.3 Å². The Hall–Kier alpha value is 0.120. The third kappa shape index (κ3) is 4.54. The van der Waals surface area contributed by atoms with Gasteiger partial charge in [-0.1, -0.05) is 0 Å². The Labute approximate surface area is 70.0 Å². The number of halogens is 1. The fraction of sp³-hybridized carbons (Fsp3) is 1.00. The largest absolute Gasteiger partial charge is 0.395 e. The zero-order chi connectivity index (χ0) is 8.91. The van der Waals surface area contributed by atoms with E-state index in [1.165, 1.54) is 0 Å². The first-order chi connectivity index (χ1) is 5.05. The van der Waals surface area contributed by atoms with E-state index in [1.54, 1.807) is 0 Å². The van der Waals surface area contributed by atoms with Crippen molar-refractivity contribution >= 4 is 21.6 Å². The van der Waals surface area contributed by atoms with Crippen molar-refractivity contribution in [2.45, 2.75) is 6.04 Å². The number of hydrogen-bond donors (Lipinski definition) is 3. The van der Waals surface area contributed by atoms with Gasteiger partial charge in [-0.3, -0.25) is 0 Å². The van der Waals surface area contributed by atoms with Crippen molar-refractivity contribution in [2.24, 2.45) is 0 Å². The van der Waals surface area contributed by atoms with E-state index < -0.39 is 34.5 Å². The molecule has 0 fully saturated rings. The maximum absolute atomic E-state index is 10.7. The summed E-state index contributed by atoms with van der Waals surface area (Å²) in [6, 6.07) is -0.862. The smallest absolute Gasteiger partial charge is 0.226 e. The zero-order valence-corrected chi connectivity index (χ0v) is 7.27. The average Bonchev–Trinajstić information content (AvgIpc) is 2.00. The molecule has 0 unspecified atom stereocenters. The summed E-state index contributed by atoms with van der Waals surface area (Å²) in [5.74, 6) is 0. The van der Waals surface area contributed by atoms with Gasteiger partial charge in [0.25, 0.3) is 0 Å². The minimum absolute atomic E-state index is 0.452. The molecule has 7 heteroatoms. The van der Waals surface area contributed by atoms with Gasteiger partial charge in [0.15, 0.2) is 0 Å². The average molecular weight is 204 g/mol. The highest BCUT2D eigenvalue weighted by Crippen LogP contribution is 1.91. The van der Waals surface area contributed by atoms with Gasteiger partial charge in [-0.25, -0.2) is 13.1 Å². The molecule has 0 spiro atoms. The number of alkyl halides is 1. The number of rotatable bonds is 5. The minimum atomic E-state index is -3.55. The van der Waals surface area contributed by atoms with E-state index in [4.69, 9.17) is 21.8 Å². The Kier molecular flexibility index (Phi) is 4.94. The van der Waals surface area contributed by atoms with Gasteiger partial charge < -0.3 is 10.2 Å². The highest BCUT2D eigenvalue weighted by molar-refractivity contribution is 7.90. The van der Waals surface area contributed by atoms with Crippen molar-refractivity contribution in [1.29, 1.82) is 0 Å². The molecule has 0 atom stereocenters. The lowest BCUT2D eigenvalue weighted by atomic mass is 10.4. The summed E-state index contributed by atoms with van der Waals surface area (Å²) in [6.45, 7) is -0.904. The lowest BCUT2D eigenvalue weighted by molar-refractivity contribution is 0.185. The molecule has 0 aromatic carbocycles. The predicted molar refractivity (Wildman–Crippen MR) is 40.7 cm³/mol. The standard InChI is InChI=1S/C4H10ClNO4S/c5-3-11(9,10)6-4(1-7)2-8/h4,6-8H,1-3H2. The Morgan fingerprint density at radius 1 is 1.36 bits per heavy atom. The van der Waals surface area contributed by atoms with Gasteiger partial charge in [-0.2, -0.15) is 0 Å². The van der Waals surface area contributed by atoms with Gasteiger partial charge in [-0.05, 0) is 0 Å². The van der Waals surface area contributed by atoms with Crippen LogP contribution in [0, 0.1) is 0 Å². The second-order valence-electron chi connectivity index (χ2n) is 1.90. The number of sulfonamides is 1. The molecule has 0 aromatic rings. The summed E-state index contributed by atoms with van der Waals surface area (Å²) in [4.78, 5) is 0. The molecule has 3 N–H and O–H groups in total. The molecular weight excluding hydrogens is 194 g/mol. The molecule has 0 saturated heterocycles. The van der Waals surface area contributed by atoms with Gasteiger partial charge in [0.2, 0.25) is 10.0 Å². The van der Waals surface area contributed by atoms with Crippen molar-refractivity contribution in [3.8, 4) is 0 Å². The van der Waals surface area contributed by atoms with Gasteiger partial charge in [-0.15, -0.1) is 11.6 Å². The van der Waals surface area contributed by atoms with Crippen LogP contribution in [-0.2, 0) is 10.0 Å². The van der Waals surface area contributed by atoms with Crippen LogP contribution in [0.15, 0.2) is 0 Å². The maximum atomic E-state index is 10.7. The Bertz CT molecular complexity index is 188. The van der Waals surface area contributed by atoms with E-state index in [-0.39, 0.29) is 0 Å². The highest BCUT2D eigenvalue weighted by Gasteiger charge is 2.14. The van der Waals surface area contributed by atoms with Gasteiger partial charge in [0, 0.05) is 0 Å². The monoisotopic (exact) mass is 203 g/mol. The maximum Gasteiger partial charge on any atom is 0.226 e. The van der Waals surface area contributed by atoms with E-state index in [9.17, 15) is 8.42 Å². The molecule has 0 aliphatic carbocycles.